The standard InChI is InChI=1S/C29H35FN4O7S/c1-7-14-38-19(3)39-15-16-40-24-17-22(36-4)12-13-23(25(24)30)26(28(42-6)33-29(35)37-5)32-21-10-8-20(9-11-21)27-31-18(2)41-34-27/h8-12,17,19H,7,13-16H2,1-6H3. The Kier molecular flexibility index (Phi) is 12.9. The monoisotopic (exact) mass is 602 g/mol. The molecule has 1 heterocycles. The van der Waals surface area contributed by atoms with Gasteiger partial charge < -0.3 is 28.2 Å². The fraction of sp³-hybridized carbons (Fsp3) is 0.414. The zero-order valence-electron chi connectivity index (χ0n) is 24.5. The van der Waals surface area contributed by atoms with Gasteiger partial charge in [0.15, 0.2) is 17.9 Å². The predicted molar refractivity (Wildman–Crippen MR) is 158 cm³/mol. The summed E-state index contributed by atoms with van der Waals surface area (Å²) >= 11 is 1.12. The summed E-state index contributed by atoms with van der Waals surface area (Å²) in [6, 6.07) is 6.96. The number of aliphatic imine (C=N–C) groups is 2. The lowest BCUT2D eigenvalue weighted by Crippen LogP contribution is -2.18. The van der Waals surface area contributed by atoms with Gasteiger partial charge in [0.2, 0.25) is 11.7 Å². The highest BCUT2D eigenvalue weighted by Gasteiger charge is 2.25. The van der Waals surface area contributed by atoms with Crippen LogP contribution in [-0.4, -0.2) is 73.6 Å². The summed E-state index contributed by atoms with van der Waals surface area (Å²) in [4.78, 5) is 25.1. The molecule has 226 valence electrons. The van der Waals surface area contributed by atoms with E-state index in [2.05, 4.69) is 15.1 Å². The number of aromatic nitrogens is 2. The van der Waals surface area contributed by atoms with E-state index < -0.39 is 18.2 Å². The van der Waals surface area contributed by atoms with Crippen LogP contribution in [0.4, 0.5) is 14.9 Å². The average Bonchev–Trinajstić information content (AvgIpc) is 3.37. The Morgan fingerprint density at radius 3 is 2.52 bits per heavy atom. The van der Waals surface area contributed by atoms with E-state index >= 15 is 4.39 Å². The number of carbonyl (C=O) groups is 1. The van der Waals surface area contributed by atoms with E-state index in [0.29, 0.717) is 35.3 Å². The molecule has 0 aliphatic heterocycles. The minimum Gasteiger partial charge on any atom is -0.497 e. The van der Waals surface area contributed by atoms with Crippen molar-refractivity contribution in [2.45, 2.75) is 39.9 Å². The maximum atomic E-state index is 16.2. The van der Waals surface area contributed by atoms with Gasteiger partial charge in [-0.05, 0) is 56.4 Å². The van der Waals surface area contributed by atoms with Crippen LogP contribution in [-0.2, 0) is 23.7 Å². The molecule has 11 nitrogen and oxygen atoms in total. The van der Waals surface area contributed by atoms with E-state index in [4.69, 9.17) is 33.2 Å². The van der Waals surface area contributed by atoms with Gasteiger partial charge in [-0.3, -0.25) is 0 Å². The molecule has 42 heavy (non-hydrogen) atoms. The van der Waals surface area contributed by atoms with Gasteiger partial charge in [0.05, 0.1) is 26.5 Å². The molecule has 0 spiro atoms. The largest absolute Gasteiger partial charge is 0.497 e. The first-order valence-electron chi connectivity index (χ1n) is 13.2. The van der Waals surface area contributed by atoms with Crippen LogP contribution in [0.15, 0.2) is 73.8 Å². The fourth-order valence-corrected chi connectivity index (χ4v) is 4.16. The first kappa shape index (κ1) is 32.7. The molecular weight excluding hydrogens is 567 g/mol. The summed E-state index contributed by atoms with van der Waals surface area (Å²) in [7, 11) is 2.69. The van der Waals surface area contributed by atoms with Crippen LogP contribution >= 0.6 is 11.8 Å². The summed E-state index contributed by atoms with van der Waals surface area (Å²) in [6.07, 6.45) is 4.53. The molecule has 1 aromatic heterocycles. The minimum atomic E-state index is -0.846. The first-order chi connectivity index (χ1) is 20.3. The summed E-state index contributed by atoms with van der Waals surface area (Å²) < 4.78 is 48.3. The average molecular weight is 603 g/mol. The number of halogens is 1. The number of benzene rings is 1. The number of allylic oxidation sites excluding steroid dienone is 4. The highest BCUT2D eigenvalue weighted by Crippen LogP contribution is 2.31. The van der Waals surface area contributed by atoms with Gasteiger partial charge in [0, 0.05) is 30.7 Å². The molecule has 1 aliphatic rings. The quantitative estimate of drug-likeness (QED) is 0.109. The van der Waals surface area contributed by atoms with Gasteiger partial charge in [0.25, 0.3) is 0 Å². The van der Waals surface area contributed by atoms with Crippen molar-refractivity contribution in [2.75, 3.05) is 40.3 Å². The lowest BCUT2D eigenvalue weighted by molar-refractivity contribution is -0.136. The van der Waals surface area contributed by atoms with Crippen LogP contribution in [0.2, 0.25) is 0 Å². The Hall–Kier alpha value is -3.81. The fourth-order valence-electron chi connectivity index (χ4n) is 3.64. The van der Waals surface area contributed by atoms with Crippen molar-refractivity contribution in [3.8, 4) is 11.4 Å². The van der Waals surface area contributed by atoms with E-state index in [-0.39, 0.29) is 41.7 Å². The Morgan fingerprint density at radius 1 is 1.17 bits per heavy atom. The molecule has 1 aromatic carbocycles. The molecule has 3 rings (SSSR count). The molecule has 2 aromatic rings. The van der Waals surface area contributed by atoms with Gasteiger partial charge >= 0.3 is 6.09 Å². The number of rotatable bonds is 13. The second kappa shape index (κ2) is 16.6. The number of hydrogen-bond acceptors (Lipinski definition) is 11. The van der Waals surface area contributed by atoms with E-state index in [1.807, 2.05) is 6.92 Å². The van der Waals surface area contributed by atoms with Crippen molar-refractivity contribution in [2.24, 2.45) is 9.98 Å². The molecular formula is C29H35FN4O7S. The molecule has 0 N–H and O–H groups in total. The summed E-state index contributed by atoms with van der Waals surface area (Å²) in [6.45, 7) is 6.29. The number of amides is 1. The molecule has 1 amide bonds. The van der Waals surface area contributed by atoms with Crippen LogP contribution in [0.25, 0.3) is 11.4 Å². The topological polar surface area (TPSA) is 127 Å². The van der Waals surface area contributed by atoms with Gasteiger partial charge in [-0.2, -0.15) is 9.98 Å². The first-order valence-corrected chi connectivity index (χ1v) is 14.4. The van der Waals surface area contributed by atoms with Crippen molar-refractivity contribution in [1.29, 1.82) is 0 Å². The zero-order valence-corrected chi connectivity index (χ0v) is 25.3. The SMILES string of the molecule is CCCOC(C)OCCOC1=CC(OC)=CCC(C(=Nc2ccc(-c3noc(C)n3)cc2)C(=NC(=O)OC)SC)=C1F. The number of thioether (sulfide) groups is 1. The summed E-state index contributed by atoms with van der Waals surface area (Å²) in [5.41, 5.74) is 1.46. The lowest BCUT2D eigenvalue weighted by atomic mass is 10.1. The van der Waals surface area contributed by atoms with Gasteiger partial charge in [0.1, 0.15) is 23.1 Å². The predicted octanol–water partition coefficient (Wildman–Crippen LogP) is 6.49. The Morgan fingerprint density at radius 2 is 1.90 bits per heavy atom. The van der Waals surface area contributed by atoms with Crippen LogP contribution < -0.4 is 0 Å². The zero-order chi connectivity index (χ0) is 30.5. The number of aryl methyl sites for hydroxylation is 1. The van der Waals surface area contributed by atoms with E-state index in [1.165, 1.54) is 20.3 Å². The Balaban J connectivity index is 1.99. The molecule has 0 fully saturated rings. The molecule has 0 saturated carbocycles. The van der Waals surface area contributed by atoms with Gasteiger partial charge in [-0.15, -0.1) is 11.8 Å². The molecule has 1 atom stereocenters. The highest BCUT2D eigenvalue weighted by atomic mass is 32.2. The normalized spacial score (nSPS) is 15.1. The number of carbonyl (C=O) groups excluding carboxylic acids is 1. The summed E-state index contributed by atoms with van der Waals surface area (Å²) in [5, 5.41) is 4.08. The second-order valence-corrected chi connectivity index (χ2v) is 9.50. The smallest absolute Gasteiger partial charge is 0.434 e. The van der Waals surface area contributed by atoms with Crippen LogP contribution in [0.3, 0.4) is 0 Å². The highest BCUT2D eigenvalue weighted by molar-refractivity contribution is 8.15. The van der Waals surface area contributed by atoms with Crippen LogP contribution in [0.1, 0.15) is 32.6 Å². The molecule has 0 saturated heterocycles. The van der Waals surface area contributed by atoms with Gasteiger partial charge in [-0.1, -0.05) is 12.1 Å². The Bertz CT molecular complexity index is 1370. The number of ether oxygens (including phenoxy) is 5. The molecule has 0 radical (unpaired) electrons. The third-order valence-corrected chi connectivity index (χ3v) is 6.36. The molecule has 13 heteroatoms. The van der Waals surface area contributed by atoms with E-state index in [0.717, 1.165) is 18.2 Å². The van der Waals surface area contributed by atoms with E-state index in [9.17, 15) is 4.79 Å². The third kappa shape index (κ3) is 9.36. The molecule has 0 bridgehead atoms. The third-order valence-electron chi connectivity index (χ3n) is 5.69. The number of nitrogens with zero attached hydrogens (tertiary/aromatic N) is 4. The van der Waals surface area contributed by atoms with Gasteiger partial charge in [-0.25, -0.2) is 14.2 Å². The van der Waals surface area contributed by atoms with Crippen molar-refractivity contribution < 1.29 is 37.4 Å². The van der Waals surface area contributed by atoms with Crippen molar-refractivity contribution in [1.82, 2.24) is 10.1 Å². The molecule has 1 unspecified atom stereocenters. The van der Waals surface area contributed by atoms with Crippen LogP contribution in [0, 0.1) is 6.92 Å². The second-order valence-electron chi connectivity index (χ2n) is 8.71. The van der Waals surface area contributed by atoms with Crippen LogP contribution in [0.5, 0.6) is 0 Å². The van der Waals surface area contributed by atoms with Crippen molar-refractivity contribution >= 4 is 34.3 Å². The maximum absolute atomic E-state index is 16.2. The Labute approximate surface area is 248 Å². The summed E-state index contributed by atoms with van der Waals surface area (Å²) in [5.74, 6) is 0.505. The van der Waals surface area contributed by atoms with E-state index in [1.54, 1.807) is 50.4 Å². The number of hydrogen-bond donors (Lipinski definition) is 0. The number of methoxy groups -OCH3 is 2. The van der Waals surface area contributed by atoms with Crippen molar-refractivity contribution in [3.05, 3.63) is 65.2 Å². The lowest BCUT2D eigenvalue weighted by Gasteiger charge is -2.16. The maximum Gasteiger partial charge on any atom is 0.434 e. The minimum absolute atomic E-state index is 0.0541. The molecule has 1 aliphatic carbocycles. The van der Waals surface area contributed by atoms with Crippen molar-refractivity contribution in [3.63, 3.8) is 0 Å².